The molecule has 1 aliphatic heterocycles. The minimum atomic E-state index is -0.0516. The second-order valence-corrected chi connectivity index (χ2v) is 9.77. The van der Waals surface area contributed by atoms with Gasteiger partial charge in [0.05, 0.1) is 10.6 Å². The fraction of sp³-hybridized carbons (Fsp3) is 0.227. The first-order valence-corrected chi connectivity index (χ1v) is 12.0. The van der Waals surface area contributed by atoms with Gasteiger partial charge >= 0.3 is 0 Å². The predicted octanol–water partition coefficient (Wildman–Crippen LogP) is 4.10. The Morgan fingerprint density at radius 1 is 1.06 bits per heavy atom. The normalized spacial score (nSPS) is 14.9. The lowest BCUT2D eigenvalue weighted by Gasteiger charge is -2.34. The summed E-state index contributed by atoms with van der Waals surface area (Å²) in [6, 6.07) is 13.1. The molecule has 0 aliphatic carbocycles. The Labute approximate surface area is 192 Å². The molecule has 5 rings (SSSR count). The highest BCUT2D eigenvalue weighted by Crippen LogP contribution is 2.30. The van der Waals surface area contributed by atoms with Crippen molar-refractivity contribution in [1.29, 1.82) is 0 Å². The van der Waals surface area contributed by atoms with E-state index in [1.54, 1.807) is 16.7 Å². The Kier molecular flexibility index (Phi) is 5.62. The molecule has 1 aliphatic rings. The molecule has 1 saturated heterocycles. The monoisotopic (exact) mass is 470 g/mol. The molecule has 31 heavy (non-hydrogen) atoms. The minimum Gasteiger partial charge on any atom is -0.335 e. The molecule has 0 atom stereocenters. The number of amides is 1. The molecule has 4 aromatic rings. The van der Waals surface area contributed by atoms with Crippen LogP contribution in [0.2, 0.25) is 5.02 Å². The molecule has 0 spiro atoms. The van der Waals surface area contributed by atoms with Crippen molar-refractivity contribution in [2.75, 3.05) is 26.2 Å². The van der Waals surface area contributed by atoms with Gasteiger partial charge in [0.15, 0.2) is 4.96 Å². The van der Waals surface area contributed by atoms with Crippen LogP contribution in [0.3, 0.4) is 0 Å². The largest absolute Gasteiger partial charge is 0.335 e. The van der Waals surface area contributed by atoms with Crippen LogP contribution in [-0.4, -0.2) is 51.3 Å². The second-order valence-electron chi connectivity index (χ2n) is 7.38. The Morgan fingerprint density at radius 2 is 1.84 bits per heavy atom. The van der Waals surface area contributed by atoms with Crippen LogP contribution in [0.4, 0.5) is 0 Å². The summed E-state index contributed by atoms with van der Waals surface area (Å²) in [5.41, 5.74) is 1.78. The van der Waals surface area contributed by atoms with E-state index in [1.165, 1.54) is 22.7 Å². The number of halogens is 1. The molecule has 1 aromatic carbocycles. The number of hydrogen-bond acceptors (Lipinski definition) is 6. The summed E-state index contributed by atoms with van der Waals surface area (Å²) in [6.07, 6.45) is 1.74. The molecule has 0 radical (unpaired) electrons. The molecular weight excluding hydrogens is 452 g/mol. The van der Waals surface area contributed by atoms with Gasteiger partial charge in [-0.05, 0) is 29.8 Å². The van der Waals surface area contributed by atoms with E-state index in [1.807, 2.05) is 46.7 Å². The number of thiophene rings is 1. The average Bonchev–Trinajstić information content (AvgIpc) is 3.44. The molecule has 158 valence electrons. The lowest BCUT2D eigenvalue weighted by Crippen LogP contribution is -2.48. The molecular formula is C22H19ClN4O2S2. The van der Waals surface area contributed by atoms with Gasteiger partial charge in [0.25, 0.3) is 11.5 Å². The quantitative estimate of drug-likeness (QED) is 0.450. The van der Waals surface area contributed by atoms with Gasteiger partial charge in [-0.3, -0.25) is 18.9 Å². The highest BCUT2D eigenvalue weighted by atomic mass is 35.5. The topological polar surface area (TPSA) is 57.9 Å². The van der Waals surface area contributed by atoms with Crippen molar-refractivity contribution in [3.05, 3.63) is 80.0 Å². The highest BCUT2D eigenvalue weighted by molar-refractivity contribution is 7.17. The number of fused-ring (bicyclic) bond motifs is 1. The van der Waals surface area contributed by atoms with Gasteiger partial charge < -0.3 is 4.90 Å². The van der Waals surface area contributed by atoms with Crippen LogP contribution in [0.15, 0.2) is 58.8 Å². The van der Waals surface area contributed by atoms with Crippen molar-refractivity contribution in [1.82, 2.24) is 19.2 Å². The van der Waals surface area contributed by atoms with Crippen LogP contribution in [0.5, 0.6) is 0 Å². The lowest BCUT2D eigenvalue weighted by molar-refractivity contribution is 0.0632. The summed E-state index contributed by atoms with van der Waals surface area (Å²) in [6.45, 7) is 3.45. The van der Waals surface area contributed by atoms with Crippen LogP contribution in [0, 0.1) is 0 Å². The number of piperazine rings is 1. The number of benzene rings is 1. The van der Waals surface area contributed by atoms with E-state index in [0.29, 0.717) is 29.6 Å². The number of nitrogens with zero attached hydrogens (tertiary/aromatic N) is 4. The smallest absolute Gasteiger partial charge is 0.264 e. The first kappa shape index (κ1) is 20.4. The second kappa shape index (κ2) is 8.55. The third-order valence-electron chi connectivity index (χ3n) is 5.35. The molecule has 0 unspecified atom stereocenters. The van der Waals surface area contributed by atoms with E-state index < -0.39 is 0 Å². The molecule has 6 nitrogen and oxygen atoms in total. The zero-order chi connectivity index (χ0) is 21.4. The molecule has 1 fully saturated rings. The molecule has 9 heteroatoms. The summed E-state index contributed by atoms with van der Waals surface area (Å²) in [5.74, 6) is 0.0706. The summed E-state index contributed by atoms with van der Waals surface area (Å²) in [5, 5.41) is 2.56. The van der Waals surface area contributed by atoms with Gasteiger partial charge in [-0.25, -0.2) is 4.98 Å². The molecule has 0 bridgehead atoms. The number of hydrogen-bond donors (Lipinski definition) is 0. The Bertz CT molecular complexity index is 1290. The van der Waals surface area contributed by atoms with Crippen molar-refractivity contribution in [2.24, 2.45) is 0 Å². The minimum absolute atomic E-state index is 0.0516. The van der Waals surface area contributed by atoms with Crippen molar-refractivity contribution >= 4 is 45.1 Å². The van der Waals surface area contributed by atoms with E-state index in [2.05, 4.69) is 9.88 Å². The summed E-state index contributed by atoms with van der Waals surface area (Å²) >= 11 is 8.93. The van der Waals surface area contributed by atoms with Gasteiger partial charge in [0, 0.05) is 60.3 Å². The maximum Gasteiger partial charge on any atom is 0.264 e. The SMILES string of the molecule is O=C(c1ccc(-c2ccc(Cl)cc2)s1)N1CCN(Cc2cc(=O)n3ccsc3n2)CC1. The van der Waals surface area contributed by atoms with Crippen molar-refractivity contribution < 1.29 is 4.79 Å². The van der Waals surface area contributed by atoms with Crippen molar-refractivity contribution in [3.63, 3.8) is 0 Å². The lowest BCUT2D eigenvalue weighted by atomic mass is 10.2. The van der Waals surface area contributed by atoms with E-state index in [-0.39, 0.29) is 11.5 Å². The van der Waals surface area contributed by atoms with Crippen molar-refractivity contribution in [3.8, 4) is 10.4 Å². The van der Waals surface area contributed by atoms with Gasteiger partial charge in [0.1, 0.15) is 0 Å². The number of rotatable bonds is 4. The highest BCUT2D eigenvalue weighted by Gasteiger charge is 2.24. The van der Waals surface area contributed by atoms with Crippen LogP contribution < -0.4 is 5.56 Å². The molecule has 0 saturated carbocycles. The first-order valence-electron chi connectivity index (χ1n) is 9.90. The van der Waals surface area contributed by atoms with E-state index in [9.17, 15) is 9.59 Å². The van der Waals surface area contributed by atoms with Crippen LogP contribution in [0.25, 0.3) is 15.4 Å². The van der Waals surface area contributed by atoms with Crippen LogP contribution in [-0.2, 0) is 6.54 Å². The van der Waals surface area contributed by atoms with E-state index in [0.717, 1.165) is 34.1 Å². The Hall–Kier alpha value is -2.52. The molecule has 3 aromatic heterocycles. The number of aromatic nitrogens is 2. The van der Waals surface area contributed by atoms with Crippen molar-refractivity contribution in [2.45, 2.75) is 6.54 Å². The van der Waals surface area contributed by atoms with Gasteiger partial charge in [-0.15, -0.1) is 22.7 Å². The Balaban J connectivity index is 1.21. The molecule has 0 N–H and O–H groups in total. The standard InChI is InChI=1S/C22H19ClN4O2S2/c23-16-3-1-15(2-4-16)18-5-6-19(31-18)21(29)26-9-7-25(8-10-26)14-17-13-20(28)27-11-12-30-22(27)24-17/h1-6,11-13H,7-10,14H2. The maximum absolute atomic E-state index is 13.0. The average molecular weight is 471 g/mol. The number of thiazole rings is 1. The zero-order valence-corrected chi connectivity index (χ0v) is 18.9. The fourth-order valence-electron chi connectivity index (χ4n) is 3.68. The van der Waals surface area contributed by atoms with Crippen LogP contribution >= 0.6 is 34.3 Å². The zero-order valence-electron chi connectivity index (χ0n) is 16.5. The molecule has 4 heterocycles. The van der Waals surface area contributed by atoms with Crippen LogP contribution in [0.1, 0.15) is 15.4 Å². The maximum atomic E-state index is 13.0. The Morgan fingerprint density at radius 3 is 2.61 bits per heavy atom. The summed E-state index contributed by atoms with van der Waals surface area (Å²) < 4.78 is 1.56. The third kappa shape index (κ3) is 4.29. The van der Waals surface area contributed by atoms with Gasteiger partial charge in [-0.2, -0.15) is 0 Å². The molecule has 1 amide bonds. The van der Waals surface area contributed by atoms with E-state index in [4.69, 9.17) is 11.6 Å². The summed E-state index contributed by atoms with van der Waals surface area (Å²) in [7, 11) is 0. The number of carbonyl (C=O) groups is 1. The predicted molar refractivity (Wildman–Crippen MR) is 125 cm³/mol. The van der Waals surface area contributed by atoms with Gasteiger partial charge in [0.2, 0.25) is 0 Å². The summed E-state index contributed by atoms with van der Waals surface area (Å²) in [4.78, 5) is 36.4. The third-order valence-corrected chi connectivity index (χ3v) is 7.48. The van der Waals surface area contributed by atoms with Gasteiger partial charge in [-0.1, -0.05) is 23.7 Å². The number of carbonyl (C=O) groups excluding carboxylic acids is 1. The fourth-order valence-corrected chi connectivity index (χ4v) is 5.53. The first-order chi connectivity index (χ1) is 15.1. The van der Waals surface area contributed by atoms with E-state index >= 15 is 0 Å².